The minimum atomic E-state index is -0.0473. The summed E-state index contributed by atoms with van der Waals surface area (Å²) in [5.74, 6) is 1.56. The first-order chi connectivity index (χ1) is 14.6. The topological polar surface area (TPSA) is 83.4 Å². The first-order valence-corrected chi connectivity index (χ1v) is 10.3. The van der Waals surface area contributed by atoms with E-state index < -0.39 is 0 Å². The van der Waals surface area contributed by atoms with Crippen molar-refractivity contribution in [3.63, 3.8) is 0 Å². The predicted molar refractivity (Wildman–Crippen MR) is 118 cm³/mol. The fourth-order valence-electron chi connectivity index (χ4n) is 3.44. The molecule has 2 aromatic heterocycles. The minimum Gasteiger partial charge on any atom is -0.367 e. The molecule has 3 N–H and O–H groups in total. The molecule has 1 aromatic carbocycles. The first-order valence-electron chi connectivity index (χ1n) is 9.89. The second kappa shape index (κ2) is 7.50. The maximum atomic E-state index is 11.7. The van der Waals surface area contributed by atoms with Crippen molar-refractivity contribution in [2.45, 2.75) is 31.8 Å². The number of nitrogens with one attached hydrogen (secondary N) is 3. The van der Waals surface area contributed by atoms with Gasteiger partial charge in [-0.3, -0.25) is 4.79 Å². The van der Waals surface area contributed by atoms with Crippen LogP contribution in [-0.2, 0) is 11.3 Å². The zero-order chi connectivity index (χ0) is 20.7. The van der Waals surface area contributed by atoms with Gasteiger partial charge in [0, 0.05) is 34.9 Å². The molecule has 1 amide bonds. The molecule has 7 nitrogen and oxygen atoms in total. The monoisotopic (exact) mass is 420 g/mol. The van der Waals surface area contributed by atoms with Gasteiger partial charge in [-0.05, 0) is 36.1 Å². The van der Waals surface area contributed by atoms with Crippen LogP contribution in [0.1, 0.15) is 30.4 Å². The van der Waals surface area contributed by atoms with E-state index in [-0.39, 0.29) is 5.91 Å². The summed E-state index contributed by atoms with van der Waals surface area (Å²) in [6.07, 6.45) is 6.30. The number of hydrogen-bond acceptors (Lipinski definition) is 5. The van der Waals surface area contributed by atoms with Gasteiger partial charge in [-0.15, -0.1) is 0 Å². The van der Waals surface area contributed by atoms with Crippen molar-refractivity contribution in [3.8, 4) is 0 Å². The number of anilines is 2. The second-order valence-electron chi connectivity index (χ2n) is 7.60. The second-order valence-corrected chi connectivity index (χ2v) is 8.01. The van der Waals surface area contributed by atoms with Crippen molar-refractivity contribution in [1.82, 2.24) is 19.9 Å². The van der Waals surface area contributed by atoms with Gasteiger partial charge < -0.3 is 16.0 Å². The number of carbonyl (C=O) groups excluding carboxylic acids is 1. The van der Waals surface area contributed by atoms with E-state index in [1.54, 1.807) is 10.7 Å². The Morgan fingerprint density at radius 1 is 1.33 bits per heavy atom. The van der Waals surface area contributed by atoms with E-state index in [4.69, 9.17) is 16.6 Å². The highest BCUT2D eigenvalue weighted by molar-refractivity contribution is 6.31. The van der Waals surface area contributed by atoms with Gasteiger partial charge in [0.1, 0.15) is 11.6 Å². The highest BCUT2D eigenvalue weighted by Gasteiger charge is 2.24. The van der Waals surface area contributed by atoms with Crippen molar-refractivity contribution in [2.24, 2.45) is 0 Å². The number of rotatable bonds is 6. The number of nitrogens with zero attached hydrogens (tertiary/aromatic N) is 3. The molecule has 2 fully saturated rings. The van der Waals surface area contributed by atoms with Crippen molar-refractivity contribution in [2.75, 3.05) is 10.6 Å². The molecule has 1 aliphatic carbocycles. The smallest absolute Gasteiger partial charge is 0.228 e. The quantitative estimate of drug-likeness (QED) is 0.561. The molecule has 8 heteroatoms. The van der Waals surface area contributed by atoms with E-state index in [1.165, 1.54) is 0 Å². The molecule has 30 heavy (non-hydrogen) atoms. The number of allylic oxidation sites excluding steroid dienone is 1. The lowest BCUT2D eigenvalue weighted by atomic mass is 10.1. The molecule has 2 aliphatic rings. The molecule has 1 saturated carbocycles. The first kappa shape index (κ1) is 18.7. The van der Waals surface area contributed by atoms with E-state index >= 15 is 0 Å². The third-order valence-corrected chi connectivity index (χ3v) is 5.57. The van der Waals surface area contributed by atoms with E-state index in [0.29, 0.717) is 35.4 Å². The summed E-state index contributed by atoms with van der Waals surface area (Å²) < 4.78 is 1.80. The van der Waals surface area contributed by atoms with Crippen molar-refractivity contribution in [1.29, 1.82) is 0 Å². The molecule has 0 radical (unpaired) electrons. The number of carbonyl (C=O) groups is 1. The number of hydrogen-bond donors (Lipinski definition) is 3. The Hall–Kier alpha value is -3.32. The molecule has 3 aromatic rings. The van der Waals surface area contributed by atoms with Crippen molar-refractivity contribution >= 4 is 40.9 Å². The fraction of sp³-hybridized carbons (Fsp3) is 0.227. The van der Waals surface area contributed by atoms with Gasteiger partial charge in [-0.2, -0.15) is 9.61 Å². The van der Waals surface area contributed by atoms with E-state index in [1.807, 2.05) is 36.4 Å². The molecule has 152 valence electrons. The standard InChI is InChI=1S/C22H21ClN6O/c1-13-15(9-21(30)26-13)8-16-12-25-29-20(27-17-6-7-17)10-19(28-22(16)29)24-11-14-4-2-3-5-18(14)23/h2-5,8,10,12,17,27H,1,6-7,9,11H2,(H,24,28)(H,26,30)/b15-8+. The minimum absolute atomic E-state index is 0.0473. The molecular weight excluding hydrogens is 400 g/mol. The number of halogens is 1. The summed E-state index contributed by atoms with van der Waals surface area (Å²) in [5, 5.41) is 14.9. The van der Waals surface area contributed by atoms with Crippen LogP contribution < -0.4 is 16.0 Å². The lowest BCUT2D eigenvalue weighted by molar-refractivity contribution is -0.118. The summed E-state index contributed by atoms with van der Waals surface area (Å²) in [7, 11) is 0. The Morgan fingerprint density at radius 2 is 2.17 bits per heavy atom. The van der Waals surface area contributed by atoms with Crippen molar-refractivity contribution in [3.05, 3.63) is 70.5 Å². The summed E-state index contributed by atoms with van der Waals surface area (Å²) >= 11 is 6.29. The maximum Gasteiger partial charge on any atom is 0.228 e. The normalized spacial score (nSPS) is 17.6. The Bertz CT molecular complexity index is 1190. The summed E-state index contributed by atoms with van der Waals surface area (Å²) in [4.78, 5) is 16.4. The Balaban J connectivity index is 1.51. The summed E-state index contributed by atoms with van der Waals surface area (Å²) in [6.45, 7) is 4.48. The molecule has 0 atom stereocenters. The van der Waals surface area contributed by atoms with Gasteiger partial charge in [0.15, 0.2) is 5.65 Å². The molecule has 1 aliphatic heterocycles. The van der Waals surface area contributed by atoms with Crippen LogP contribution in [-0.4, -0.2) is 26.5 Å². The van der Waals surface area contributed by atoms with E-state index in [0.717, 1.165) is 41.2 Å². The summed E-state index contributed by atoms with van der Waals surface area (Å²) in [6, 6.07) is 10.2. The van der Waals surface area contributed by atoms with Crippen LogP contribution in [0, 0.1) is 0 Å². The third kappa shape index (κ3) is 3.76. The summed E-state index contributed by atoms with van der Waals surface area (Å²) in [5.41, 5.74) is 4.02. The van der Waals surface area contributed by atoms with Gasteiger partial charge in [0.2, 0.25) is 5.91 Å². The van der Waals surface area contributed by atoms with Gasteiger partial charge in [-0.25, -0.2) is 4.98 Å². The number of benzene rings is 1. The molecule has 0 unspecified atom stereocenters. The van der Waals surface area contributed by atoms with E-state index in [9.17, 15) is 4.79 Å². The van der Waals surface area contributed by atoms with Crippen LogP contribution in [0.3, 0.4) is 0 Å². The number of fused-ring (bicyclic) bond motifs is 1. The van der Waals surface area contributed by atoms with Gasteiger partial charge in [0.25, 0.3) is 0 Å². The Labute approximate surface area is 178 Å². The molecular formula is C22H21ClN6O. The molecule has 0 bridgehead atoms. The predicted octanol–water partition coefficient (Wildman–Crippen LogP) is 3.99. The molecule has 3 heterocycles. The van der Waals surface area contributed by atoms with Crippen LogP contribution in [0.5, 0.6) is 0 Å². The van der Waals surface area contributed by atoms with Crippen LogP contribution in [0.25, 0.3) is 11.7 Å². The lowest BCUT2D eigenvalue weighted by Crippen LogP contribution is -2.10. The average Bonchev–Trinajstić information content (AvgIpc) is 3.36. The third-order valence-electron chi connectivity index (χ3n) is 5.20. The van der Waals surface area contributed by atoms with Gasteiger partial charge >= 0.3 is 0 Å². The Kier molecular flexibility index (Phi) is 4.67. The largest absolute Gasteiger partial charge is 0.367 e. The zero-order valence-corrected chi connectivity index (χ0v) is 17.0. The SMILES string of the molecule is C=C1NC(=O)C/C1=C\c1cnn2c(NC3CC3)cc(NCc3ccccc3Cl)nc12. The molecule has 5 rings (SSSR count). The highest BCUT2D eigenvalue weighted by atomic mass is 35.5. The fourth-order valence-corrected chi connectivity index (χ4v) is 3.64. The van der Waals surface area contributed by atoms with Gasteiger partial charge in [0.05, 0.1) is 12.6 Å². The lowest BCUT2D eigenvalue weighted by Gasteiger charge is -2.12. The Morgan fingerprint density at radius 3 is 2.90 bits per heavy atom. The van der Waals surface area contributed by atoms with Crippen LogP contribution in [0.2, 0.25) is 5.02 Å². The number of amides is 1. The molecule has 0 spiro atoms. The maximum absolute atomic E-state index is 11.7. The van der Waals surface area contributed by atoms with Gasteiger partial charge in [-0.1, -0.05) is 36.4 Å². The van der Waals surface area contributed by atoms with E-state index in [2.05, 4.69) is 27.6 Å². The van der Waals surface area contributed by atoms with Crippen LogP contribution >= 0.6 is 11.6 Å². The number of aromatic nitrogens is 3. The van der Waals surface area contributed by atoms with Crippen molar-refractivity contribution < 1.29 is 4.79 Å². The van der Waals surface area contributed by atoms with Crippen LogP contribution in [0.4, 0.5) is 11.6 Å². The zero-order valence-electron chi connectivity index (χ0n) is 16.3. The van der Waals surface area contributed by atoms with Crippen LogP contribution in [0.15, 0.2) is 54.4 Å². The molecule has 1 saturated heterocycles. The highest BCUT2D eigenvalue weighted by Crippen LogP contribution is 2.29. The average molecular weight is 421 g/mol.